The molecule has 2 aromatic rings. The summed E-state index contributed by atoms with van der Waals surface area (Å²) in [4.78, 5) is 23.6. The lowest BCUT2D eigenvalue weighted by molar-refractivity contribution is -0.142. The van der Waals surface area contributed by atoms with E-state index < -0.39 is 17.5 Å². The molecular formula is C13H12ClNO4S. The van der Waals surface area contributed by atoms with E-state index in [1.807, 2.05) is 0 Å². The van der Waals surface area contributed by atoms with Gasteiger partial charge < -0.3 is 14.4 Å². The van der Waals surface area contributed by atoms with Gasteiger partial charge in [-0.25, -0.2) is 9.59 Å². The predicted molar refractivity (Wildman–Crippen MR) is 75.6 cm³/mol. The average molecular weight is 314 g/mol. The van der Waals surface area contributed by atoms with Crippen molar-refractivity contribution in [1.29, 1.82) is 0 Å². The van der Waals surface area contributed by atoms with E-state index >= 15 is 0 Å². The van der Waals surface area contributed by atoms with Crippen LogP contribution < -0.4 is 0 Å². The summed E-state index contributed by atoms with van der Waals surface area (Å²) in [5.41, 5.74) is -0.0681. The first-order valence-electron chi connectivity index (χ1n) is 6.21. The van der Waals surface area contributed by atoms with Gasteiger partial charge in [0.25, 0.3) is 0 Å². The van der Waals surface area contributed by atoms with Crippen LogP contribution in [0, 0.1) is 0 Å². The first-order valence-corrected chi connectivity index (χ1v) is 7.41. The predicted octanol–water partition coefficient (Wildman–Crippen LogP) is 3.11. The molecule has 0 bridgehead atoms. The number of halogens is 1. The van der Waals surface area contributed by atoms with Gasteiger partial charge in [0.1, 0.15) is 11.2 Å². The molecule has 20 heavy (non-hydrogen) atoms. The van der Waals surface area contributed by atoms with Crippen molar-refractivity contribution < 1.29 is 19.4 Å². The van der Waals surface area contributed by atoms with Gasteiger partial charge in [0, 0.05) is 0 Å². The molecule has 3 rings (SSSR count). The van der Waals surface area contributed by atoms with Crippen molar-refractivity contribution in [1.82, 2.24) is 4.57 Å². The Morgan fingerprint density at radius 2 is 2.20 bits per heavy atom. The zero-order valence-corrected chi connectivity index (χ0v) is 12.3. The van der Waals surface area contributed by atoms with E-state index in [0.717, 1.165) is 4.70 Å². The topological polar surface area (TPSA) is 68.5 Å². The van der Waals surface area contributed by atoms with Gasteiger partial charge in [0.2, 0.25) is 0 Å². The van der Waals surface area contributed by atoms with E-state index in [2.05, 4.69) is 0 Å². The van der Waals surface area contributed by atoms with Crippen LogP contribution in [-0.4, -0.2) is 28.2 Å². The number of rotatable bonds is 4. The second kappa shape index (κ2) is 4.49. The van der Waals surface area contributed by atoms with Crippen molar-refractivity contribution in [3.63, 3.8) is 0 Å². The molecular weight excluding hydrogens is 302 g/mol. The first-order chi connectivity index (χ1) is 9.49. The fourth-order valence-electron chi connectivity index (χ4n) is 2.43. The summed E-state index contributed by atoms with van der Waals surface area (Å²) < 4.78 is 7.96. The quantitative estimate of drug-likeness (QED) is 0.881. The minimum Gasteiger partial charge on any atom is -0.479 e. The van der Waals surface area contributed by atoms with Gasteiger partial charge in [0.05, 0.1) is 21.2 Å². The molecule has 7 heteroatoms. The SMILES string of the molecule is CCOC(=O)c1cc2sc(Cl)cc2n1C1(C(=O)O)CC1. The van der Waals surface area contributed by atoms with E-state index in [1.165, 1.54) is 11.3 Å². The van der Waals surface area contributed by atoms with Gasteiger partial charge in [-0.3, -0.25) is 0 Å². The van der Waals surface area contributed by atoms with Crippen molar-refractivity contribution in [2.24, 2.45) is 0 Å². The maximum Gasteiger partial charge on any atom is 0.355 e. The molecule has 0 saturated heterocycles. The standard InChI is InChI=1S/C13H12ClNO4S/c1-2-19-11(16)8-5-9-7(6-10(14)20-9)15(8)13(3-4-13)12(17)18/h5-6H,2-4H2,1H3,(H,17,18). The highest BCUT2D eigenvalue weighted by molar-refractivity contribution is 7.22. The largest absolute Gasteiger partial charge is 0.479 e. The van der Waals surface area contributed by atoms with Gasteiger partial charge in [-0.1, -0.05) is 11.6 Å². The molecule has 1 aliphatic carbocycles. The average Bonchev–Trinajstić information content (AvgIpc) is 2.99. The number of aromatic nitrogens is 1. The summed E-state index contributed by atoms with van der Waals surface area (Å²) in [5, 5.41) is 9.48. The number of carboxylic acid groups (broad SMARTS) is 1. The number of thiophene rings is 1. The lowest BCUT2D eigenvalue weighted by Crippen LogP contribution is -2.30. The lowest BCUT2D eigenvalue weighted by Gasteiger charge is -2.16. The Morgan fingerprint density at radius 3 is 2.75 bits per heavy atom. The Hall–Kier alpha value is -1.53. The molecule has 1 fully saturated rings. The molecule has 2 aromatic heterocycles. The maximum atomic E-state index is 12.1. The Labute approximate surface area is 123 Å². The Kier molecular flexibility index (Phi) is 3.02. The highest BCUT2D eigenvalue weighted by Gasteiger charge is 2.54. The third-order valence-electron chi connectivity index (χ3n) is 3.49. The normalized spacial score (nSPS) is 16.3. The number of ether oxygens (including phenoxy) is 1. The molecule has 0 spiro atoms. The third kappa shape index (κ3) is 1.83. The fraction of sp³-hybridized carbons (Fsp3) is 0.385. The second-order valence-electron chi connectivity index (χ2n) is 4.72. The number of aliphatic carboxylic acids is 1. The minimum atomic E-state index is -1.03. The molecule has 0 aromatic carbocycles. The van der Waals surface area contributed by atoms with Gasteiger partial charge in [-0.2, -0.15) is 0 Å². The molecule has 0 aliphatic heterocycles. The summed E-state index contributed by atoms with van der Waals surface area (Å²) in [6, 6.07) is 3.36. The minimum absolute atomic E-state index is 0.249. The van der Waals surface area contributed by atoms with Gasteiger partial charge >= 0.3 is 11.9 Å². The van der Waals surface area contributed by atoms with Gasteiger partial charge in [-0.15, -0.1) is 11.3 Å². The molecule has 1 saturated carbocycles. The number of hydrogen-bond donors (Lipinski definition) is 1. The molecule has 5 nitrogen and oxygen atoms in total. The number of nitrogens with zero attached hydrogens (tertiary/aromatic N) is 1. The van der Waals surface area contributed by atoms with Crippen LogP contribution >= 0.6 is 22.9 Å². The lowest BCUT2D eigenvalue weighted by atomic mass is 10.2. The number of carbonyl (C=O) groups is 2. The van der Waals surface area contributed by atoms with Crippen molar-refractivity contribution >= 4 is 45.1 Å². The molecule has 106 valence electrons. The third-order valence-corrected chi connectivity index (χ3v) is 4.69. The zero-order chi connectivity index (χ0) is 14.5. The first kappa shape index (κ1) is 13.5. The maximum absolute atomic E-state index is 12.1. The van der Waals surface area contributed by atoms with E-state index in [4.69, 9.17) is 16.3 Å². The second-order valence-corrected chi connectivity index (χ2v) is 6.44. The van der Waals surface area contributed by atoms with Crippen LogP contribution in [0.5, 0.6) is 0 Å². The summed E-state index contributed by atoms with van der Waals surface area (Å²) >= 11 is 7.30. The summed E-state index contributed by atoms with van der Waals surface area (Å²) in [6.45, 7) is 1.97. The fourth-order valence-corrected chi connectivity index (χ4v) is 3.59. The Bertz CT molecular complexity index is 713. The molecule has 0 amide bonds. The van der Waals surface area contributed by atoms with Gasteiger partial charge in [-0.05, 0) is 31.9 Å². The summed E-state index contributed by atoms with van der Waals surface area (Å²) in [7, 11) is 0. The zero-order valence-electron chi connectivity index (χ0n) is 10.7. The van der Waals surface area contributed by atoms with E-state index in [1.54, 1.807) is 23.6 Å². The number of carboxylic acids is 1. The molecule has 0 unspecified atom stereocenters. The monoisotopic (exact) mass is 313 g/mol. The van der Waals surface area contributed by atoms with Gasteiger partial charge in [0.15, 0.2) is 0 Å². The number of hydrogen-bond acceptors (Lipinski definition) is 4. The van der Waals surface area contributed by atoms with Crippen LogP contribution in [0.2, 0.25) is 4.34 Å². The smallest absolute Gasteiger partial charge is 0.355 e. The van der Waals surface area contributed by atoms with Crippen molar-refractivity contribution in [3.05, 3.63) is 22.2 Å². The highest BCUT2D eigenvalue weighted by Crippen LogP contribution is 2.48. The van der Waals surface area contributed by atoms with Crippen LogP contribution in [0.15, 0.2) is 12.1 Å². The number of esters is 1. The van der Waals surface area contributed by atoms with Crippen molar-refractivity contribution in [2.45, 2.75) is 25.3 Å². The van der Waals surface area contributed by atoms with E-state index in [9.17, 15) is 14.7 Å². The molecule has 2 heterocycles. The Balaban J connectivity index is 2.22. The number of fused-ring (bicyclic) bond motifs is 1. The summed E-state index contributed by atoms with van der Waals surface area (Å²) in [5.74, 6) is -1.43. The molecule has 0 atom stereocenters. The van der Waals surface area contributed by atoms with Crippen molar-refractivity contribution in [2.75, 3.05) is 6.61 Å². The number of carbonyl (C=O) groups excluding carboxylic acids is 1. The Morgan fingerprint density at radius 1 is 1.50 bits per heavy atom. The molecule has 1 aliphatic rings. The summed E-state index contributed by atoms with van der Waals surface area (Å²) in [6.07, 6.45) is 1.01. The van der Waals surface area contributed by atoms with Crippen LogP contribution in [0.4, 0.5) is 0 Å². The van der Waals surface area contributed by atoms with Crippen LogP contribution in [0.1, 0.15) is 30.3 Å². The molecule has 1 N–H and O–H groups in total. The van der Waals surface area contributed by atoms with E-state index in [-0.39, 0.29) is 12.3 Å². The van der Waals surface area contributed by atoms with Crippen molar-refractivity contribution in [3.8, 4) is 0 Å². The van der Waals surface area contributed by atoms with Crippen LogP contribution in [0.25, 0.3) is 10.2 Å². The van der Waals surface area contributed by atoms with Crippen LogP contribution in [-0.2, 0) is 15.1 Å². The highest BCUT2D eigenvalue weighted by atomic mass is 35.5. The van der Waals surface area contributed by atoms with Crippen LogP contribution in [0.3, 0.4) is 0 Å². The van der Waals surface area contributed by atoms with E-state index in [0.29, 0.717) is 22.7 Å². The molecule has 0 radical (unpaired) electrons.